The molecular weight excluding hydrogens is 370 g/mol. The average Bonchev–Trinajstić information content (AvgIpc) is 2.68. The molecule has 1 aliphatic rings. The minimum Gasteiger partial charge on any atom is -0.353 e. The molecule has 5 nitrogen and oxygen atoms in total. The van der Waals surface area contributed by atoms with Gasteiger partial charge in [0, 0.05) is 24.0 Å². The van der Waals surface area contributed by atoms with Gasteiger partial charge >= 0.3 is 0 Å². The summed E-state index contributed by atoms with van der Waals surface area (Å²) in [6.07, 6.45) is 8.45. The van der Waals surface area contributed by atoms with Crippen LogP contribution in [0.1, 0.15) is 62.2 Å². The average molecular weight is 406 g/mol. The first-order chi connectivity index (χ1) is 13.6. The Balaban J connectivity index is 1.83. The summed E-state index contributed by atoms with van der Waals surface area (Å²) in [6, 6.07) is 7.83. The Hall–Kier alpha value is -1.53. The van der Waals surface area contributed by atoms with Gasteiger partial charge in [0.05, 0.1) is 11.3 Å². The van der Waals surface area contributed by atoms with Crippen molar-refractivity contribution in [2.45, 2.75) is 62.8 Å². The second kappa shape index (κ2) is 12.8. The zero-order valence-corrected chi connectivity index (χ0v) is 18.2. The maximum absolute atomic E-state index is 12.5. The van der Waals surface area contributed by atoms with Crippen molar-refractivity contribution in [2.24, 2.45) is 0 Å². The molecule has 0 bridgehead atoms. The molecule has 2 amide bonds. The number of amides is 2. The zero-order valence-electron chi connectivity index (χ0n) is 17.3. The van der Waals surface area contributed by atoms with Crippen LogP contribution in [0.4, 0.5) is 0 Å². The van der Waals surface area contributed by atoms with Gasteiger partial charge in [-0.2, -0.15) is 0 Å². The molecule has 0 radical (unpaired) electrons. The lowest BCUT2D eigenvalue weighted by atomic mass is 9.97. The molecule has 0 aromatic heterocycles. The summed E-state index contributed by atoms with van der Waals surface area (Å²) in [5.74, 6) is 0.336. The van der Waals surface area contributed by atoms with E-state index in [0.29, 0.717) is 23.9 Å². The van der Waals surface area contributed by atoms with E-state index in [1.54, 1.807) is 0 Å². The SMILES string of the molecule is CCN(C)CCNC(=O)c1ccccc1SCC(=O)NC1CCCCCCC1. The van der Waals surface area contributed by atoms with Gasteiger partial charge in [-0.05, 0) is 38.6 Å². The number of carbonyl (C=O) groups excluding carboxylic acids is 2. The number of nitrogens with one attached hydrogen (secondary N) is 2. The van der Waals surface area contributed by atoms with Crippen molar-refractivity contribution in [3.63, 3.8) is 0 Å². The zero-order chi connectivity index (χ0) is 20.2. The van der Waals surface area contributed by atoms with Crippen molar-refractivity contribution >= 4 is 23.6 Å². The maximum Gasteiger partial charge on any atom is 0.252 e. The van der Waals surface area contributed by atoms with Crippen LogP contribution < -0.4 is 10.6 Å². The van der Waals surface area contributed by atoms with Crippen LogP contribution in [-0.2, 0) is 4.79 Å². The summed E-state index contributed by atoms with van der Waals surface area (Å²) in [5.41, 5.74) is 0.644. The van der Waals surface area contributed by atoms with E-state index in [-0.39, 0.29) is 11.8 Å². The lowest BCUT2D eigenvalue weighted by Gasteiger charge is -2.21. The van der Waals surface area contributed by atoms with E-state index in [1.165, 1.54) is 43.9 Å². The Bertz CT molecular complexity index is 616. The van der Waals surface area contributed by atoms with Crippen LogP contribution >= 0.6 is 11.8 Å². The predicted molar refractivity (Wildman–Crippen MR) is 117 cm³/mol. The molecule has 6 heteroatoms. The summed E-state index contributed by atoms with van der Waals surface area (Å²) in [5, 5.41) is 6.17. The third-order valence-electron chi connectivity index (χ3n) is 5.28. The van der Waals surface area contributed by atoms with Crippen LogP contribution in [0.15, 0.2) is 29.2 Å². The molecule has 0 heterocycles. The highest BCUT2D eigenvalue weighted by Gasteiger charge is 2.16. The van der Waals surface area contributed by atoms with Gasteiger partial charge in [0.25, 0.3) is 5.91 Å². The minimum absolute atomic E-state index is 0.0651. The second-order valence-corrected chi connectivity index (χ2v) is 8.56. The van der Waals surface area contributed by atoms with Crippen molar-refractivity contribution < 1.29 is 9.59 Å². The first kappa shape index (κ1) is 22.8. The van der Waals surface area contributed by atoms with Gasteiger partial charge < -0.3 is 15.5 Å². The van der Waals surface area contributed by atoms with Gasteiger partial charge in [-0.15, -0.1) is 11.8 Å². The number of hydrogen-bond donors (Lipinski definition) is 2. The first-order valence-electron chi connectivity index (χ1n) is 10.6. The van der Waals surface area contributed by atoms with Gasteiger partial charge in [0.15, 0.2) is 0 Å². The van der Waals surface area contributed by atoms with E-state index >= 15 is 0 Å². The number of benzene rings is 1. The van der Waals surface area contributed by atoms with E-state index in [2.05, 4.69) is 22.5 Å². The molecule has 1 aromatic carbocycles. The Morgan fingerprint density at radius 2 is 1.79 bits per heavy atom. The highest BCUT2D eigenvalue weighted by atomic mass is 32.2. The van der Waals surface area contributed by atoms with Gasteiger partial charge in [-0.25, -0.2) is 0 Å². The van der Waals surface area contributed by atoms with Crippen molar-refractivity contribution in [3.8, 4) is 0 Å². The van der Waals surface area contributed by atoms with Crippen molar-refractivity contribution in [1.29, 1.82) is 0 Å². The number of likely N-dealkylation sites (N-methyl/N-ethyl adjacent to an activating group) is 1. The second-order valence-electron chi connectivity index (χ2n) is 7.55. The van der Waals surface area contributed by atoms with Crippen molar-refractivity contribution in [2.75, 3.05) is 32.4 Å². The summed E-state index contributed by atoms with van der Waals surface area (Å²) < 4.78 is 0. The topological polar surface area (TPSA) is 61.4 Å². The molecular formula is C22H35N3O2S. The molecule has 0 atom stereocenters. The monoisotopic (exact) mass is 405 g/mol. The summed E-state index contributed by atoms with van der Waals surface area (Å²) >= 11 is 1.44. The molecule has 0 spiro atoms. The molecule has 1 saturated carbocycles. The maximum atomic E-state index is 12.5. The third kappa shape index (κ3) is 8.23. The van der Waals surface area contributed by atoms with Gasteiger partial charge in [-0.3, -0.25) is 9.59 Å². The quantitative estimate of drug-likeness (QED) is 0.615. The molecule has 1 fully saturated rings. The van der Waals surface area contributed by atoms with Crippen LogP contribution in [0.3, 0.4) is 0 Å². The molecule has 1 aromatic rings. The minimum atomic E-state index is -0.0759. The van der Waals surface area contributed by atoms with Gasteiger partial charge in [0.2, 0.25) is 5.91 Å². The van der Waals surface area contributed by atoms with Crippen molar-refractivity contribution in [1.82, 2.24) is 15.5 Å². The van der Waals surface area contributed by atoms with Crippen LogP contribution in [0, 0.1) is 0 Å². The van der Waals surface area contributed by atoms with Crippen LogP contribution in [0.5, 0.6) is 0 Å². The summed E-state index contributed by atoms with van der Waals surface area (Å²) in [6.45, 7) is 4.49. The van der Waals surface area contributed by atoms with E-state index < -0.39 is 0 Å². The molecule has 0 unspecified atom stereocenters. The molecule has 2 N–H and O–H groups in total. The summed E-state index contributed by atoms with van der Waals surface area (Å²) in [7, 11) is 2.03. The van der Waals surface area contributed by atoms with E-state index in [9.17, 15) is 9.59 Å². The Morgan fingerprint density at radius 3 is 2.50 bits per heavy atom. The van der Waals surface area contributed by atoms with Gasteiger partial charge in [0.1, 0.15) is 0 Å². The Labute approximate surface area is 174 Å². The van der Waals surface area contributed by atoms with Crippen LogP contribution in [0.25, 0.3) is 0 Å². The van der Waals surface area contributed by atoms with Crippen molar-refractivity contribution in [3.05, 3.63) is 29.8 Å². The number of rotatable bonds is 9. The molecule has 156 valence electrons. The van der Waals surface area contributed by atoms with Gasteiger partial charge in [-0.1, -0.05) is 51.2 Å². The number of hydrogen-bond acceptors (Lipinski definition) is 4. The lowest BCUT2D eigenvalue weighted by Crippen LogP contribution is -2.36. The lowest BCUT2D eigenvalue weighted by molar-refractivity contribution is -0.119. The third-order valence-corrected chi connectivity index (χ3v) is 6.35. The Kier molecular flexibility index (Phi) is 10.4. The summed E-state index contributed by atoms with van der Waals surface area (Å²) in [4.78, 5) is 27.9. The molecule has 28 heavy (non-hydrogen) atoms. The van der Waals surface area contributed by atoms with Crippen LogP contribution in [-0.4, -0.2) is 55.2 Å². The fourth-order valence-electron chi connectivity index (χ4n) is 3.41. The fourth-order valence-corrected chi connectivity index (χ4v) is 4.27. The van der Waals surface area contributed by atoms with E-state index in [0.717, 1.165) is 30.8 Å². The fraction of sp³-hybridized carbons (Fsp3) is 0.636. The van der Waals surface area contributed by atoms with Crippen LogP contribution in [0.2, 0.25) is 0 Å². The van der Waals surface area contributed by atoms with E-state index in [4.69, 9.17) is 0 Å². The molecule has 1 aliphatic carbocycles. The van der Waals surface area contributed by atoms with E-state index in [1.807, 2.05) is 31.3 Å². The standard InChI is InChI=1S/C22H35N3O2S/c1-3-25(2)16-15-23-22(27)19-13-9-10-14-20(19)28-17-21(26)24-18-11-7-5-4-6-8-12-18/h9-10,13-14,18H,3-8,11-12,15-17H2,1-2H3,(H,23,27)(H,24,26). The predicted octanol–water partition coefficient (Wildman–Crippen LogP) is 3.69. The largest absolute Gasteiger partial charge is 0.353 e. The number of nitrogens with zero attached hydrogens (tertiary/aromatic N) is 1. The molecule has 0 saturated heterocycles. The molecule has 2 rings (SSSR count). The Morgan fingerprint density at radius 1 is 1.11 bits per heavy atom. The smallest absolute Gasteiger partial charge is 0.252 e. The highest BCUT2D eigenvalue weighted by molar-refractivity contribution is 8.00. The molecule has 0 aliphatic heterocycles. The highest BCUT2D eigenvalue weighted by Crippen LogP contribution is 2.23. The number of carbonyl (C=O) groups is 2. The first-order valence-corrected chi connectivity index (χ1v) is 11.6. The normalized spacial score (nSPS) is 15.7. The number of thioether (sulfide) groups is 1.